The standard InChI is InChI=1S/C24H25ClF2/c1-2-3-4-17-5-7-18(8-6-17)9-10-19-11-13-20(14-12-19)21-15-22(26)24(25)23(27)16-21/h11-18H,2-8H2,1H3/t17-,18-. The van der Waals surface area contributed by atoms with Crippen LogP contribution < -0.4 is 0 Å². The van der Waals surface area contributed by atoms with Gasteiger partial charge in [0.25, 0.3) is 0 Å². The van der Waals surface area contributed by atoms with Crippen molar-refractivity contribution >= 4 is 11.6 Å². The molecule has 0 bridgehead atoms. The summed E-state index contributed by atoms with van der Waals surface area (Å²) in [5.74, 6) is 6.56. The van der Waals surface area contributed by atoms with E-state index >= 15 is 0 Å². The van der Waals surface area contributed by atoms with Gasteiger partial charge >= 0.3 is 0 Å². The number of rotatable bonds is 4. The van der Waals surface area contributed by atoms with E-state index in [-0.39, 0.29) is 0 Å². The van der Waals surface area contributed by atoms with Crippen LogP contribution in [0.3, 0.4) is 0 Å². The van der Waals surface area contributed by atoms with Crippen LogP contribution in [0.25, 0.3) is 11.1 Å². The van der Waals surface area contributed by atoms with Gasteiger partial charge in [-0.05, 0) is 67.0 Å². The van der Waals surface area contributed by atoms with Gasteiger partial charge in [-0.2, -0.15) is 0 Å². The maximum atomic E-state index is 13.6. The fourth-order valence-corrected chi connectivity index (χ4v) is 3.85. The average molecular weight is 387 g/mol. The van der Waals surface area contributed by atoms with Crippen LogP contribution in [-0.2, 0) is 0 Å². The summed E-state index contributed by atoms with van der Waals surface area (Å²) < 4.78 is 27.3. The minimum atomic E-state index is -0.745. The molecular weight excluding hydrogens is 362 g/mol. The van der Waals surface area contributed by atoms with Crippen LogP contribution in [0.4, 0.5) is 8.78 Å². The van der Waals surface area contributed by atoms with Gasteiger partial charge in [-0.25, -0.2) is 8.78 Å². The summed E-state index contributed by atoms with van der Waals surface area (Å²) >= 11 is 5.54. The van der Waals surface area contributed by atoms with Gasteiger partial charge in [-0.3, -0.25) is 0 Å². The molecule has 0 heterocycles. The van der Waals surface area contributed by atoms with Gasteiger partial charge in [0.15, 0.2) is 0 Å². The van der Waals surface area contributed by atoms with Crippen LogP contribution in [-0.4, -0.2) is 0 Å². The second kappa shape index (κ2) is 9.38. The summed E-state index contributed by atoms with van der Waals surface area (Å²) in [5.41, 5.74) is 2.15. The molecule has 1 saturated carbocycles. The Bertz CT molecular complexity index is 799. The van der Waals surface area contributed by atoms with Crippen molar-refractivity contribution in [2.75, 3.05) is 0 Å². The zero-order valence-corrected chi connectivity index (χ0v) is 16.5. The molecule has 0 unspecified atom stereocenters. The van der Waals surface area contributed by atoms with Crippen LogP contribution in [0.15, 0.2) is 36.4 Å². The second-order valence-corrected chi connectivity index (χ2v) is 7.84. The summed E-state index contributed by atoms with van der Waals surface area (Å²) in [6.45, 7) is 2.25. The van der Waals surface area contributed by atoms with Gasteiger partial charge in [0.1, 0.15) is 16.7 Å². The molecule has 0 amide bonds. The van der Waals surface area contributed by atoms with Gasteiger partial charge in [0.05, 0.1) is 0 Å². The molecule has 1 aliphatic rings. The Morgan fingerprint density at radius 3 is 2.19 bits per heavy atom. The lowest BCUT2D eigenvalue weighted by molar-refractivity contribution is 0.296. The number of hydrogen-bond donors (Lipinski definition) is 0. The molecule has 3 heteroatoms. The maximum Gasteiger partial charge on any atom is 0.145 e. The minimum absolute atomic E-state index is 0.467. The Balaban J connectivity index is 1.62. The van der Waals surface area contributed by atoms with Crippen molar-refractivity contribution in [1.29, 1.82) is 0 Å². The maximum absolute atomic E-state index is 13.6. The van der Waals surface area contributed by atoms with E-state index < -0.39 is 16.7 Å². The van der Waals surface area contributed by atoms with Crippen molar-refractivity contribution in [3.63, 3.8) is 0 Å². The third-order valence-electron chi connectivity index (χ3n) is 5.44. The molecule has 1 fully saturated rings. The van der Waals surface area contributed by atoms with Crippen LogP contribution in [0.1, 0.15) is 57.4 Å². The summed E-state index contributed by atoms with van der Waals surface area (Å²) in [6, 6.07) is 9.99. The first-order valence-electron chi connectivity index (χ1n) is 9.83. The van der Waals surface area contributed by atoms with Gasteiger partial charge in [-0.15, -0.1) is 0 Å². The molecule has 0 saturated heterocycles. The van der Waals surface area contributed by atoms with E-state index in [1.54, 1.807) is 0 Å². The van der Waals surface area contributed by atoms with Gasteiger partial charge in [-0.1, -0.05) is 61.8 Å². The molecule has 0 nitrogen and oxygen atoms in total. The Morgan fingerprint density at radius 2 is 1.59 bits per heavy atom. The molecule has 0 radical (unpaired) electrons. The SMILES string of the molecule is CCCC[C@H]1CC[C@H](C#Cc2ccc(-c3cc(F)c(Cl)c(F)c3)cc2)CC1. The van der Waals surface area contributed by atoms with Crippen molar-refractivity contribution in [3.8, 4) is 23.0 Å². The van der Waals surface area contributed by atoms with Crippen molar-refractivity contribution in [3.05, 3.63) is 58.6 Å². The van der Waals surface area contributed by atoms with E-state index in [0.29, 0.717) is 11.5 Å². The molecule has 0 spiro atoms. The van der Waals surface area contributed by atoms with Gasteiger partial charge in [0, 0.05) is 11.5 Å². The predicted molar refractivity (Wildman–Crippen MR) is 109 cm³/mol. The number of halogens is 3. The fraction of sp³-hybridized carbons (Fsp3) is 0.417. The number of benzene rings is 2. The fourth-order valence-electron chi connectivity index (χ4n) is 3.74. The third-order valence-corrected chi connectivity index (χ3v) is 5.80. The Hall–Kier alpha value is -1.85. The van der Waals surface area contributed by atoms with Crippen LogP contribution in [0.5, 0.6) is 0 Å². The lowest BCUT2D eigenvalue weighted by Gasteiger charge is -2.25. The molecule has 0 atom stereocenters. The molecule has 2 aromatic carbocycles. The molecule has 0 N–H and O–H groups in total. The first kappa shape index (κ1) is 19.9. The van der Waals surface area contributed by atoms with E-state index in [9.17, 15) is 8.78 Å². The highest BCUT2D eigenvalue weighted by atomic mass is 35.5. The van der Waals surface area contributed by atoms with Crippen LogP contribution >= 0.6 is 11.6 Å². The predicted octanol–water partition coefficient (Wildman–Crippen LogP) is 7.63. The quantitative estimate of drug-likeness (QED) is 0.374. The minimum Gasteiger partial charge on any atom is -0.205 e. The summed E-state index contributed by atoms with van der Waals surface area (Å²) in [7, 11) is 0. The van der Waals surface area contributed by atoms with Crippen molar-refractivity contribution in [1.82, 2.24) is 0 Å². The topological polar surface area (TPSA) is 0 Å². The summed E-state index contributed by atoms with van der Waals surface area (Å²) in [4.78, 5) is 0. The first-order chi connectivity index (χ1) is 13.1. The summed E-state index contributed by atoms with van der Waals surface area (Å²) in [6.07, 6.45) is 8.98. The highest BCUT2D eigenvalue weighted by molar-refractivity contribution is 6.31. The van der Waals surface area contributed by atoms with Crippen LogP contribution in [0, 0.1) is 35.3 Å². The normalized spacial score (nSPS) is 19.4. The molecule has 3 rings (SSSR count). The molecule has 0 aromatic heterocycles. The van der Waals surface area contributed by atoms with Gasteiger partial charge < -0.3 is 0 Å². The smallest absolute Gasteiger partial charge is 0.145 e. The number of hydrogen-bond acceptors (Lipinski definition) is 0. The Morgan fingerprint density at radius 1 is 0.963 bits per heavy atom. The zero-order valence-electron chi connectivity index (χ0n) is 15.7. The summed E-state index contributed by atoms with van der Waals surface area (Å²) in [5, 5.41) is -0.467. The largest absolute Gasteiger partial charge is 0.205 e. The average Bonchev–Trinajstić information content (AvgIpc) is 2.69. The Kier molecular flexibility index (Phi) is 6.91. The van der Waals surface area contributed by atoms with Crippen molar-refractivity contribution in [2.45, 2.75) is 51.9 Å². The zero-order chi connectivity index (χ0) is 19.2. The second-order valence-electron chi connectivity index (χ2n) is 7.46. The molecular formula is C24H25ClF2. The van der Waals surface area contributed by atoms with E-state index in [1.807, 2.05) is 24.3 Å². The molecule has 1 aliphatic carbocycles. The first-order valence-corrected chi connectivity index (χ1v) is 10.2. The number of unbranched alkanes of at least 4 members (excludes halogenated alkanes) is 1. The van der Waals surface area contributed by atoms with E-state index in [2.05, 4.69) is 18.8 Å². The van der Waals surface area contributed by atoms with E-state index in [1.165, 1.54) is 57.1 Å². The van der Waals surface area contributed by atoms with Crippen molar-refractivity contribution < 1.29 is 8.78 Å². The van der Waals surface area contributed by atoms with Crippen LogP contribution in [0.2, 0.25) is 5.02 Å². The molecule has 142 valence electrons. The third kappa shape index (κ3) is 5.33. The van der Waals surface area contributed by atoms with E-state index in [4.69, 9.17) is 11.6 Å². The highest BCUT2D eigenvalue weighted by Crippen LogP contribution is 2.31. The molecule has 2 aromatic rings. The monoisotopic (exact) mass is 386 g/mol. The van der Waals surface area contributed by atoms with Crippen molar-refractivity contribution in [2.24, 2.45) is 11.8 Å². The lowest BCUT2D eigenvalue weighted by Crippen LogP contribution is -2.13. The molecule has 27 heavy (non-hydrogen) atoms. The molecule has 0 aliphatic heterocycles. The highest BCUT2D eigenvalue weighted by Gasteiger charge is 2.19. The van der Waals surface area contributed by atoms with Gasteiger partial charge in [0.2, 0.25) is 0 Å². The Labute approximate surface area is 165 Å². The van der Waals surface area contributed by atoms with E-state index in [0.717, 1.165) is 17.0 Å². The lowest BCUT2D eigenvalue weighted by atomic mass is 9.80.